The van der Waals surface area contributed by atoms with E-state index in [2.05, 4.69) is 83.0 Å². The number of hydrogen-bond acceptors (Lipinski definition) is 4. The first-order chi connectivity index (χ1) is 25.2. The molecule has 6 rings (SSSR count). The third-order valence-corrected chi connectivity index (χ3v) is 11.5. The molecule has 4 aromatic rings. The summed E-state index contributed by atoms with van der Waals surface area (Å²) in [4.78, 5) is 15.6. The molecule has 276 valence electrons. The highest BCUT2D eigenvalue weighted by Crippen LogP contribution is 2.45. The first kappa shape index (κ1) is 37.5. The Kier molecular flexibility index (Phi) is 11.9. The van der Waals surface area contributed by atoms with Crippen molar-refractivity contribution in [3.05, 3.63) is 130 Å². The van der Waals surface area contributed by atoms with Crippen LogP contribution >= 0.6 is 0 Å². The summed E-state index contributed by atoms with van der Waals surface area (Å²) >= 11 is 0. The topological polar surface area (TPSA) is 50.8 Å². The second-order valence-corrected chi connectivity index (χ2v) is 14.6. The molecule has 1 spiro atoms. The van der Waals surface area contributed by atoms with E-state index in [4.69, 9.17) is 9.47 Å². The van der Waals surface area contributed by atoms with Gasteiger partial charge in [-0.3, -0.25) is 9.69 Å². The van der Waals surface area contributed by atoms with E-state index < -0.39 is 11.7 Å². The van der Waals surface area contributed by atoms with Crippen LogP contribution in [-0.2, 0) is 35.6 Å². The van der Waals surface area contributed by atoms with Crippen molar-refractivity contribution in [2.24, 2.45) is 0 Å². The summed E-state index contributed by atoms with van der Waals surface area (Å²) < 4.78 is 50.3. The number of likely N-dealkylation sites (tertiary alicyclic amines) is 1. The normalized spacial score (nSPS) is 17.8. The molecule has 0 bridgehead atoms. The van der Waals surface area contributed by atoms with E-state index in [0.29, 0.717) is 12.1 Å². The molecule has 52 heavy (non-hydrogen) atoms. The number of carbonyl (C=O) groups excluding carboxylic acids is 1. The van der Waals surface area contributed by atoms with Crippen LogP contribution in [0, 0.1) is 0 Å². The second-order valence-electron chi connectivity index (χ2n) is 14.6. The van der Waals surface area contributed by atoms with Gasteiger partial charge in [0.05, 0.1) is 26.2 Å². The van der Waals surface area contributed by atoms with Gasteiger partial charge in [-0.1, -0.05) is 79.2 Å². The summed E-state index contributed by atoms with van der Waals surface area (Å²) in [7, 11) is 3.41. The fourth-order valence-corrected chi connectivity index (χ4v) is 8.79. The van der Waals surface area contributed by atoms with Gasteiger partial charge >= 0.3 is 6.18 Å². The van der Waals surface area contributed by atoms with Crippen LogP contribution in [0.4, 0.5) is 13.2 Å². The summed E-state index contributed by atoms with van der Waals surface area (Å²) in [5, 5.41) is 3.04. The van der Waals surface area contributed by atoms with Gasteiger partial charge in [-0.25, -0.2) is 0 Å². The van der Waals surface area contributed by atoms with E-state index in [-0.39, 0.29) is 23.3 Å². The van der Waals surface area contributed by atoms with Crippen LogP contribution in [0.3, 0.4) is 0 Å². The molecule has 1 fully saturated rings. The second kappa shape index (κ2) is 16.6. The molecule has 4 aromatic carbocycles. The number of hydrogen-bond donors (Lipinski definition) is 1. The van der Waals surface area contributed by atoms with Crippen LogP contribution in [0.5, 0.6) is 11.5 Å². The molecule has 0 aromatic heterocycles. The summed E-state index contributed by atoms with van der Waals surface area (Å²) in [5.74, 6) is 1.41. The lowest BCUT2D eigenvalue weighted by atomic mass is 9.68. The van der Waals surface area contributed by atoms with Crippen molar-refractivity contribution >= 4 is 5.91 Å². The van der Waals surface area contributed by atoms with Crippen molar-refractivity contribution in [3.8, 4) is 11.5 Å². The van der Waals surface area contributed by atoms with Gasteiger partial charge in [0.25, 0.3) is 0 Å². The monoisotopic (exact) mass is 712 g/mol. The lowest BCUT2D eigenvalue weighted by molar-refractivity contribution is -0.137. The molecule has 0 saturated carbocycles. The highest BCUT2D eigenvalue weighted by atomic mass is 19.4. The molecular weight excluding hydrogens is 661 g/mol. The van der Waals surface area contributed by atoms with Gasteiger partial charge in [0, 0.05) is 17.5 Å². The SMILES string of the molecule is COc1cc2c(cc1OC)CC1(CCCCN1CCCC(CCCNC(=O)Cc1ccc(C(F)(F)F)cc1)(c1ccccc1)c1ccccc1)CC2. The van der Waals surface area contributed by atoms with Crippen LogP contribution < -0.4 is 14.8 Å². The van der Waals surface area contributed by atoms with Crippen LogP contribution in [0.1, 0.15) is 84.7 Å². The number of alkyl halides is 3. The Morgan fingerprint density at radius 3 is 2.00 bits per heavy atom. The minimum absolute atomic E-state index is 0.0447. The number of nitrogens with zero attached hydrogens (tertiary/aromatic N) is 1. The first-order valence-corrected chi connectivity index (χ1v) is 18.7. The summed E-state index contributed by atoms with van der Waals surface area (Å²) in [6, 6.07) is 30.7. The maximum absolute atomic E-state index is 13.0. The van der Waals surface area contributed by atoms with E-state index in [1.165, 1.54) is 53.6 Å². The molecule has 5 nitrogen and oxygen atoms in total. The fraction of sp³-hybridized carbons (Fsp3) is 0.432. The third kappa shape index (κ3) is 8.49. The molecule has 1 unspecified atom stereocenters. The summed E-state index contributed by atoms with van der Waals surface area (Å²) in [6.07, 6.45) is 6.14. The number of nitrogens with one attached hydrogen (secondary N) is 1. The van der Waals surface area contributed by atoms with Gasteiger partial charge in [0.15, 0.2) is 11.5 Å². The van der Waals surface area contributed by atoms with E-state index in [9.17, 15) is 18.0 Å². The molecule has 2 aliphatic rings. The maximum Gasteiger partial charge on any atom is 0.416 e. The van der Waals surface area contributed by atoms with Crippen molar-refractivity contribution in [1.29, 1.82) is 0 Å². The summed E-state index contributed by atoms with van der Waals surface area (Å²) in [5.41, 5.74) is 5.04. The van der Waals surface area contributed by atoms with E-state index in [1.807, 2.05) is 0 Å². The number of rotatable bonds is 14. The number of benzene rings is 4. The van der Waals surface area contributed by atoms with Crippen LogP contribution in [-0.4, -0.2) is 50.2 Å². The molecular formula is C44H51F3N2O3. The molecule has 1 atom stereocenters. The number of methoxy groups -OCH3 is 2. The quantitative estimate of drug-likeness (QED) is 0.133. The number of halogens is 3. The molecule has 8 heteroatoms. The number of amides is 1. The third-order valence-electron chi connectivity index (χ3n) is 11.5. The Bertz CT molecular complexity index is 1720. The van der Waals surface area contributed by atoms with Gasteiger partial charge in [0.1, 0.15) is 0 Å². The lowest BCUT2D eigenvalue weighted by Crippen LogP contribution is -2.55. The van der Waals surface area contributed by atoms with Gasteiger partial charge in [0.2, 0.25) is 5.91 Å². The molecule has 1 heterocycles. The Morgan fingerprint density at radius 2 is 1.38 bits per heavy atom. The summed E-state index contributed by atoms with van der Waals surface area (Å²) in [6.45, 7) is 2.62. The fourth-order valence-electron chi connectivity index (χ4n) is 8.79. The van der Waals surface area contributed by atoms with Crippen molar-refractivity contribution in [1.82, 2.24) is 10.2 Å². The highest BCUT2D eigenvalue weighted by molar-refractivity contribution is 5.78. The zero-order valence-electron chi connectivity index (χ0n) is 30.4. The van der Waals surface area contributed by atoms with Crippen LogP contribution in [0.2, 0.25) is 0 Å². The van der Waals surface area contributed by atoms with E-state index in [0.717, 1.165) is 81.7 Å². The maximum atomic E-state index is 13.0. The number of ether oxygens (including phenoxy) is 2. The predicted molar refractivity (Wildman–Crippen MR) is 200 cm³/mol. The van der Waals surface area contributed by atoms with Crippen molar-refractivity contribution in [2.75, 3.05) is 33.9 Å². The van der Waals surface area contributed by atoms with E-state index in [1.54, 1.807) is 14.2 Å². The average molecular weight is 713 g/mol. The van der Waals surface area contributed by atoms with Crippen LogP contribution in [0.25, 0.3) is 0 Å². The van der Waals surface area contributed by atoms with Gasteiger partial charge in [-0.15, -0.1) is 0 Å². The Balaban J connectivity index is 1.16. The largest absolute Gasteiger partial charge is 0.493 e. The zero-order chi connectivity index (χ0) is 36.6. The van der Waals surface area contributed by atoms with Crippen molar-refractivity contribution in [2.45, 2.75) is 87.8 Å². The Morgan fingerprint density at radius 1 is 0.769 bits per heavy atom. The van der Waals surface area contributed by atoms with Gasteiger partial charge in [-0.05, 0) is 123 Å². The number of aryl methyl sites for hydroxylation is 1. The van der Waals surface area contributed by atoms with Crippen molar-refractivity contribution < 1.29 is 27.4 Å². The number of piperidine rings is 1. The first-order valence-electron chi connectivity index (χ1n) is 18.7. The molecule has 1 N–H and O–H groups in total. The van der Waals surface area contributed by atoms with Crippen molar-refractivity contribution in [3.63, 3.8) is 0 Å². The standard InChI is InChI=1S/C44H51F3N2O3/c1-51-39-30-34-21-25-42(32-35(34)31-40(39)52-2)22-9-10-27-49(42)28-12-24-43(36-13-5-3-6-14-36,37-15-7-4-8-16-37)23-11-26-48-41(50)29-33-17-19-38(20-18-33)44(45,46)47/h3-8,13-20,30-31H,9-12,21-29,32H2,1-2H3,(H,48,50). The smallest absolute Gasteiger partial charge is 0.416 e. The molecule has 1 aliphatic heterocycles. The molecule has 1 amide bonds. The molecule has 1 aliphatic carbocycles. The Labute approximate surface area is 306 Å². The lowest BCUT2D eigenvalue weighted by Gasteiger charge is -2.50. The molecule has 1 saturated heterocycles. The van der Waals surface area contributed by atoms with E-state index >= 15 is 0 Å². The van der Waals surface area contributed by atoms with Gasteiger partial charge < -0.3 is 14.8 Å². The predicted octanol–water partition coefficient (Wildman–Crippen LogP) is 9.34. The highest BCUT2D eigenvalue weighted by Gasteiger charge is 2.42. The minimum atomic E-state index is -4.40. The zero-order valence-corrected chi connectivity index (χ0v) is 30.4. The molecule has 0 radical (unpaired) electrons. The van der Waals surface area contributed by atoms with Gasteiger partial charge in [-0.2, -0.15) is 13.2 Å². The van der Waals surface area contributed by atoms with Crippen LogP contribution in [0.15, 0.2) is 97.1 Å². The Hall–Kier alpha value is -4.30. The average Bonchev–Trinajstić information content (AvgIpc) is 3.16. The number of fused-ring (bicyclic) bond motifs is 1. The number of carbonyl (C=O) groups is 1. The minimum Gasteiger partial charge on any atom is -0.493 e.